The zero-order chi connectivity index (χ0) is 26.1. The molecule has 0 saturated carbocycles. The number of hydrogen-bond donors (Lipinski definition) is 7. The molecule has 7 N–H and O–H groups in total. The summed E-state index contributed by atoms with van der Waals surface area (Å²) in [6.45, 7) is 1.33. The monoisotopic (exact) mass is 507 g/mol. The number of rotatable bonds is 20. The van der Waals surface area contributed by atoms with Crippen LogP contribution in [0.2, 0.25) is 0 Å². The molecule has 0 spiro atoms. The van der Waals surface area contributed by atoms with Crippen LogP contribution in [0.15, 0.2) is 0 Å². The first-order chi connectivity index (χ1) is 16.8. The van der Waals surface area contributed by atoms with E-state index in [1.807, 2.05) is 0 Å². The molecule has 0 aromatic rings. The van der Waals surface area contributed by atoms with Gasteiger partial charge in [-0.25, -0.2) is 4.79 Å². The third-order valence-electron chi connectivity index (χ3n) is 6.67. The van der Waals surface area contributed by atoms with Crippen molar-refractivity contribution in [2.24, 2.45) is 0 Å². The van der Waals surface area contributed by atoms with E-state index >= 15 is 0 Å². The summed E-state index contributed by atoms with van der Waals surface area (Å²) in [5, 5.41) is 60.8. The van der Waals surface area contributed by atoms with E-state index in [-0.39, 0.29) is 6.61 Å². The minimum Gasteiger partial charge on any atom is -0.465 e. The predicted molar refractivity (Wildman–Crippen MR) is 131 cm³/mol. The van der Waals surface area contributed by atoms with Crippen LogP contribution in [0.5, 0.6) is 0 Å². The number of carbonyl (C=O) groups is 1. The van der Waals surface area contributed by atoms with E-state index in [1.165, 1.54) is 57.8 Å². The van der Waals surface area contributed by atoms with E-state index in [9.17, 15) is 30.3 Å². The van der Waals surface area contributed by atoms with Crippen LogP contribution in [-0.4, -0.2) is 92.8 Å². The van der Waals surface area contributed by atoms with Crippen LogP contribution in [0.4, 0.5) is 4.79 Å². The Morgan fingerprint density at radius 1 is 0.857 bits per heavy atom. The largest absolute Gasteiger partial charge is 0.465 e. The van der Waals surface area contributed by atoms with Gasteiger partial charge in [0, 0.05) is 0 Å². The first-order valence-electron chi connectivity index (χ1n) is 13.4. The van der Waals surface area contributed by atoms with Crippen LogP contribution in [-0.2, 0) is 9.47 Å². The highest BCUT2D eigenvalue weighted by Gasteiger charge is 2.44. The van der Waals surface area contributed by atoms with Gasteiger partial charge in [0.15, 0.2) is 6.29 Å². The van der Waals surface area contributed by atoms with Crippen molar-refractivity contribution >= 4 is 6.09 Å². The van der Waals surface area contributed by atoms with Gasteiger partial charge in [-0.05, 0) is 6.42 Å². The van der Waals surface area contributed by atoms with Crippen molar-refractivity contribution in [3.05, 3.63) is 0 Å². The maximum Gasteiger partial charge on any atom is 0.405 e. The van der Waals surface area contributed by atoms with Gasteiger partial charge in [-0.3, -0.25) is 0 Å². The highest BCUT2D eigenvalue weighted by Crippen LogP contribution is 2.22. The second kappa shape index (κ2) is 19.1. The van der Waals surface area contributed by atoms with Crippen LogP contribution in [0.3, 0.4) is 0 Å². The quantitative estimate of drug-likeness (QED) is 0.122. The maximum atomic E-state index is 11.1. The highest BCUT2D eigenvalue weighted by molar-refractivity contribution is 5.64. The third kappa shape index (κ3) is 13.2. The molecule has 10 heteroatoms. The molecule has 7 atom stereocenters. The molecule has 10 nitrogen and oxygen atoms in total. The fourth-order valence-electron chi connectivity index (χ4n) is 4.38. The average Bonchev–Trinajstić information content (AvgIpc) is 2.83. The first-order valence-corrected chi connectivity index (χ1v) is 13.4. The Labute approximate surface area is 209 Å². The van der Waals surface area contributed by atoms with E-state index in [1.54, 1.807) is 0 Å². The van der Waals surface area contributed by atoms with Gasteiger partial charge in [-0.2, -0.15) is 0 Å². The summed E-state index contributed by atoms with van der Waals surface area (Å²) >= 11 is 0. The lowest BCUT2D eigenvalue weighted by Gasteiger charge is -2.40. The zero-order valence-electron chi connectivity index (χ0n) is 21.3. The third-order valence-corrected chi connectivity index (χ3v) is 6.67. The fraction of sp³-hybridized carbons (Fsp3) is 0.960. The Balaban J connectivity index is 2.24. The Bertz CT molecular complexity index is 537. The molecule has 0 aliphatic carbocycles. The molecule has 2 unspecified atom stereocenters. The minimum atomic E-state index is -1.59. The number of aliphatic hydroxyl groups is 5. The summed E-state index contributed by atoms with van der Waals surface area (Å²) in [7, 11) is 0. The second-order valence-electron chi connectivity index (χ2n) is 9.69. The van der Waals surface area contributed by atoms with Crippen LogP contribution < -0.4 is 5.32 Å². The molecule has 0 bridgehead atoms. The van der Waals surface area contributed by atoms with E-state index in [2.05, 4.69) is 12.2 Å². The smallest absolute Gasteiger partial charge is 0.405 e. The molecule has 0 aromatic carbocycles. The van der Waals surface area contributed by atoms with E-state index in [4.69, 9.17) is 14.6 Å². The number of ether oxygens (including phenoxy) is 2. The van der Waals surface area contributed by atoms with Gasteiger partial charge in [-0.1, -0.05) is 90.4 Å². The van der Waals surface area contributed by atoms with Gasteiger partial charge in [0.1, 0.15) is 24.4 Å². The zero-order valence-corrected chi connectivity index (χ0v) is 21.3. The number of aliphatic hydroxyl groups excluding tert-OH is 5. The highest BCUT2D eigenvalue weighted by atomic mass is 16.7. The van der Waals surface area contributed by atoms with Gasteiger partial charge in [0.05, 0.1) is 25.4 Å². The van der Waals surface area contributed by atoms with E-state index < -0.39 is 55.6 Å². The van der Waals surface area contributed by atoms with Gasteiger partial charge >= 0.3 is 6.09 Å². The molecule has 1 rings (SSSR count). The summed E-state index contributed by atoms with van der Waals surface area (Å²) < 4.78 is 10.7. The standard InChI is InChI=1S/C25H49NO9/c1-2-3-4-5-6-7-8-9-10-11-12-13-14-15-19(28)18(26-25(32)33)17-34-24-23(31)22(30)21(29)20(16-27)35-24/h18-24,26-31H,2-17H2,1H3,(H,32,33)/t18-,19+,20?,21-,22-,23?,24-/m0/s1. The molecule has 1 amide bonds. The molecule has 1 saturated heterocycles. The number of nitrogens with one attached hydrogen (secondary N) is 1. The molecule has 1 fully saturated rings. The Morgan fingerprint density at radius 3 is 1.86 bits per heavy atom. The molecule has 1 aliphatic rings. The van der Waals surface area contributed by atoms with E-state index in [0.717, 1.165) is 25.7 Å². The molecule has 208 valence electrons. The first kappa shape index (κ1) is 32.0. The summed E-state index contributed by atoms with van der Waals surface area (Å²) in [6, 6.07) is -0.961. The second-order valence-corrected chi connectivity index (χ2v) is 9.69. The van der Waals surface area contributed by atoms with Crippen LogP contribution in [0.25, 0.3) is 0 Å². The predicted octanol–water partition coefficient (Wildman–Crippen LogP) is 2.28. The summed E-state index contributed by atoms with van der Waals surface area (Å²) in [5.41, 5.74) is 0. The van der Waals surface area contributed by atoms with Crippen molar-refractivity contribution in [3.63, 3.8) is 0 Å². The summed E-state index contributed by atoms with van der Waals surface area (Å²) in [4.78, 5) is 11.1. The summed E-state index contributed by atoms with van der Waals surface area (Å²) in [6.07, 6.45) is 6.54. The lowest BCUT2D eigenvalue weighted by Crippen LogP contribution is -2.60. The molecule has 0 aromatic heterocycles. The van der Waals surface area contributed by atoms with Crippen LogP contribution >= 0.6 is 0 Å². The van der Waals surface area contributed by atoms with Gasteiger partial charge < -0.3 is 45.4 Å². The van der Waals surface area contributed by atoms with Gasteiger partial charge in [0.2, 0.25) is 0 Å². The number of amides is 1. The number of unbranched alkanes of at least 4 members (excludes halogenated alkanes) is 12. The average molecular weight is 508 g/mol. The Morgan fingerprint density at radius 2 is 1.37 bits per heavy atom. The Kier molecular flexibility index (Phi) is 17.5. The topological polar surface area (TPSA) is 169 Å². The van der Waals surface area contributed by atoms with Gasteiger partial charge in [0.25, 0.3) is 0 Å². The van der Waals surface area contributed by atoms with Crippen molar-refractivity contribution in [1.29, 1.82) is 0 Å². The minimum absolute atomic E-state index is 0.311. The van der Waals surface area contributed by atoms with Crippen molar-refractivity contribution < 1.29 is 44.9 Å². The molecule has 1 heterocycles. The molecular formula is C25H49NO9. The Hall–Kier alpha value is -1.01. The van der Waals surface area contributed by atoms with Gasteiger partial charge in [-0.15, -0.1) is 0 Å². The molecule has 0 radical (unpaired) electrons. The number of carboxylic acid groups (broad SMARTS) is 1. The van der Waals surface area contributed by atoms with Crippen LogP contribution in [0.1, 0.15) is 96.8 Å². The summed E-state index contributed by atoms with van der Waals surface area (Å²) in [5.74, 6) is 0. The lowest BCUT2D eigenvalue weighted by molar-refractivity contribution is -0.302. The molecule has 1 aliphatic heterocycles. The maximum absolute atomic E-state index is 11.1. The van der Waals surface area contributed by atoms with Crippen molar-refractivity contribution in [3.8, 4) is 0 Å². The molecule has 35 heavy (non-hydrogen) atoms. The van der Waals surface area contributed by atoms with Crippen molar-refractivity contribution in [2.45, 2.75) is 140 Å². The van der Waals surface area contributed by atoms with Crippen molar-refractivity contribution in [1.82, 2.24) is 5.32 Å². The normalized spacial score (nSPS) is 26.4. The van der Waals surface area contributed by atoms with Crippen molar-refractivity contribution in [2.75, 3.05) is 13.2 Å². The number of hydrogen-bond acceptors (Lipinski definition) is 8. The fourth-order valence-corrected chi connectivity index (χ4v) is 4.38. The van der Waals surface area contributed by atoms with E-state index in [0.29, 0.717) is 6.42 Å². The molecular weight excluding hydrogens is 458 g/mol. The SMILES string of the molecule is CCCCCCCCCCCCCCC[C@@H](O)[C@H](CO[C@H]1OC(CO)[C@H](O)[C@H](O)C1O)NC(=O)O. The lowest BCUT2D eigenvalue weighted by atomic mass is 9.99. The van der Waals surface area contributed by atoms with Crippen LogP contribution in [0, 0.1) is 0 Å².